The topological polar surface area (TPSA) is 20.2 Å². The van der Waals surface area contributed by atoms with Gasteiger partial charge in [-0.1, -0.05) is 19.1 Å². The van der Waals surface area contributed by atoms with Crippen LogP contribution in [0.4, 0.5) is 0 Å². The van der Waals surface area contributed by atoms with Crippen molar-refractivity contribution in [2.24, 2.45) is 5.92 Å². The minimum Gasteiger partial charge on any atom is -0.389 e. The summed E-state index contributed by atoms with van der Waals surface area (Å²) in [6, 6.07) is 0. The van der Waals surface area contributed by atoms with E-state index in [2.05, 4.69) is 13.0 Å². The second-order valence-corrected chi connectivity index (χ2v) is 2.70. The number of allylic oxidation sites excluding steroid dienone is 1. The Morgan fingerprint density at radius 1 is 1.44 bits per heavy atom. The lowest BCUT2D eigenvalue weighted by Crippen LogP contribution is -2.11. The predicted octanol–water partition coefficient (Wildman–Crippen LogP) is 1.72. The molecule has 1 aliphatic carbocycles. The van der Waals surface area contributed by atoms with Gasteiger partial charge in [-0.2, -0.15) is 0 Å². The Morgan fingerprint density at radius 3 is 2.67 bits per heavy atom. The number of rotatable bonds is 1. The molecule has 0 saturated carbocycles. The molecule has 1 N–H and O–H groups in total. The van der Waals surface area contributed by atoms with Crippen molar-refractivity contribution in [1.29, 1.82) is 0 Å². The number of hydrogen-bond donors (Lipinski definition) is 1. The Labute approximate surface area is 56.4 Å². The van der Waals surface area contributed by atoms with Crippen LogP contribution in [0.25, 0.3) is 0 Å². The minimum atomic E-state index is -0.159. The standard InChI is InChI=1S/C8H14O/c1-2-7-3-5-8(9)6-4-7/h3,5,7-9H,2,4,6H2,1H3/t7-,8-/m0/s1. The van der Waals surface area contributed by atoms with Crippen LogP contribution in [-0.4, -0.2) is 11.2 Å². The summed E-state index contributed by atoms with van der Waals surface area (Å²) in [5.74, 6) is 0.730. The minimum absolute atomic E-state index is 0.159. The van der Waals surface area contributed by atoms with Crippen molar-refractivity contribution < 1.29 is 5.11 Å². The fourth-order valence-electron chi connectivity index (χ4n) is 1.20. The van der Waals surface area contributed by atoms with Gasteiger partial charge in [0.2, 0.25) is 0 Å². The van der Waals surface area contributed by atoms with Crippen LogP contribution < -0.4 is 0 Å². The normalized spacial score (nSPS) is 34.9. The van der Waals surface area contributed by atoms with E-state index in [4.69, 9.17) is 5.11 Å². The lowest BCUT2D eigenvalue weighted by Gasteiger charge is -2.17. The lowest BCUT2D eigenvalue weighted by atomic mass is 9.92. The molecular weight excluding hydrogens is 112 g/mol. The number of hydrogen-bond acceptors (Lipinski definition) is 1. The molecule has 2 atom stereocenters. The molecule has 52 valence electrons. The van der Waals surface area contributed by atoms with E-state index >= 15 is 0 Å². The van der Waals surface area contributed by atoms with Gasteiger partial charge in [0.15, 0.2) is 0 Å². The molecule has 1 nitrogen and oxygen atoms in total. The first kappa shape index (κ1) is 6.81. The second kappa shape index (κ2) is 3.02. The molecule has 0 spiro atoms. The van der Waals surface area contributed by atoms with E-state index in [0.29, 0.717) is 0 Å². The predicted molar refractivity (Wildman–Crippen MR) is 38.2 cm³/mol. The highest BCUT2D eigenvalue weighted by Gasteiger charge is 2.10. The Hall–Kier alpha value is -0.300. The molecule has 0 aromatic carbocycles. The Kier molecular flexibility index (Phi) is 2.29. The van der Waals surface area contributed by atoms with Gasteiger partial charge in [0.1, 0.15) is 0 Å². The van der Waals surface area contributed by atoms with Crippen LogP contribution in [-0.2, 0) is 0 Å². The monoisotopic (exact) mass is 126 g/mol. The summed E-state index contributed by atoms with van der Waals surface area (Å²) in [6.45, 7) is 2.19. The molecule has 0 bridgehead atoms. The van der Waals surface area contributed by atoms with E-state index < -0.39 is 0 Å². The van der Waals surface area contributed by atoms with Gasteiger partial charge in [-0.15, -0.1) is 0 Å². The molecular formula is C8H14O. The fourth-order valence-corrected chi connectivity index (χ4v) is 1.20. The molecule has 0 saturated heterocycles. The zero-order chi connectivity index (χ0) is 6.69. The van der Waals surface area contributed by atoms with Crippen LogP contribution >= 0.6 is 0 Å². The van der Waals surface area contributed by atoms with Crippen molar-refractivity contribution in [3.63, 3.8) is 0 Å². The van der Waals surface area contributed by atoms with Crippen LogP contribution in [0.15, 0.2) is 12.2 Å². The molecule has 0 radical (unpaired) electrons. The van der Waals surface area contributed by atoms with Gasteiger partial charge in [0.05, 0.1) is 6.10 Å². The molecule has 0 heterocycles. The van der Waals surface area contributed by atoms with Gasteiger partial charge >= 0.3 is 0 Å². The van der Waals surface area contributed by atoms with E-state index in [1.54, 1.807) is 0 Å². The van der Waals surface area contributed by atoms with Crippen molar-refractivity contribution >= 4 is 0 Å². The smallest absolute Gasteiger partial charge is 0.0721 e. The van der Waals surface area contributed by atoms with Gasteiger partial charge in [-0.05, 0) is 25.2 Å². The average Bonchev–Trinajstić information content (AvgIpc) is 1.90. The first-order valence-corrected chi connectivity index (χ1v) is 3.69. The first-order valence-electron chi connectivity index (χ1n) is 3.69. The van der Waals surface area contributed by atoms with Crippen molar-refractivity contribution in [3.05, 3.63) is 12.2 Å². The third-order valence-electron chi connectivity index (χ3n) is 1.96. The van der Waals surface area contributed by atoms with Crippen LogP contribution in [0.2, 0.25) is 0 Å². The SMILES string of the molecule is CC[C@H]1C=C[C@H](O)CC1. The zero-order valence-electron chi connectivity index (χ0n) is 5.88. The third-order valence-corrected chi connectivity index (χ3v) is 1.96. The zero-order valence-corrected chi connectivity index (χ0v) is 5.88. The summed E-state index contributed by atoms with van der Waals surface area (Å²) in [7, 11) is 0. The summed E-state index contributed by atoms with van der Waals surface area (Å²) in [6.07, 6.45) is 7.21. The Morgan fingerprint density at radius 2 is 2.22 bits per heavy atom. The third kappa shape index (κ3) is 1.83. The maximum absolute atomic E-state index is 9.04. The van der Waals surface area contributed by atoms with E-state index in [1.165, 1.54) is 6.42 Å². The first-order chi connectivity index (χ1) is 4.33. The van der Waals surface area contributed by atoms with Crippen molar-refractivity contribution in [2.45, 2.75) is 32.3 Å². The molecule has 0 aromatic heterocycles. The maximum Gasteiger partial charge on any atom is 0.0721 e. The van der Waals surface area contributed by atoms with Gasteiger partial charge in [0, 0.05) is 0 Å². The van der Waals surface area contributed by atoms with Crippen LogP contribution in [0.3, 0.4) is 0 Å². The summed E-state index contributed by atoms with van der Waals surface area (Å²) in [5, 5.41) is 9.04. The van der Waals surface area contributed by atoms with E-state index in [9.17, 15) is 0 Å². The van der Waals surface area contributed by atoms with E-state index in [0.717, 1.165) is 18.8 Å². The van der Waals surface area contributed by atoms with Crippen molar-refractivity contribution in [1.82, 2.24) is 0 Å². The van der Waals surface area contributed by atoms with E-state index in [1.807, 2.05) is 6.08 Å². The number of aliphatic hydroxyl groups is 1. The second-order valence-electron chi connectivity index (χ2n) is 2.70. The van der Waals surface area contributed by atoms with Gasteiger partial charge in [0.25, 0.3) is 0 Å². The molecule has 1 heteroatoms. The summed E-state index contributed by atoms with van der Waals surface area (Å²) in [5.41, 5.74) is 0. The van der Waals surface area contributed by atoms with E-state index in [-0.39, 0.29) is 6.10 Å². The lowest BCUT2D eigenvalue weighted by molar-refractivity contribution is 0.194. The van der Waals surface area contributed by atoms with Gasteiger partial charge in [-0.25, -0.2) is 0 Å². The molecule has 0 fully saturated rings. The maximum atomic E-state index is 9.04. The van der Waals surface area contributed by atoms with Crippen LogP contribution in [0.5, 0.6) is 0 Å². The molecule has 0 aliphatic heterocycles. The highest BCUT2D eigenvalue weighted by atomic mass is 16.3. The largest absolute Gasteiger partial charge is 0.389 e. The summed E-state index contributed by atoms with van der Waals surface area (Å²) in [4.78, 5) is 0. The molecule has 0 amide bonds. The van der Waals surface area contributed by atoms with Gasteiger partial charge < -0.3 is 5.11 Å². The van der Waals surface area contributed by atoms with Crippen LogP contribution in [0, 0.1) is 5.92 Å². The quantitative estimate of drug-likeness (QED) is 0.530. The summed E-state index contributed by atoms with van der Waals surface area (Å²) < 4.78 is 0. The van der Waals surface area contributed by atoms with Crippen molar-refractivity contribution in [2.75, 3.05) is 0 Å². The van der Waals surface area contributed by atoms with Crippen LogP contribution in [0.1, 0.15) is 26.2 Å². The highest BCUT2D eigenvalue weighted by molar-refractivity contribution is 4.97. The Balaban J connectivity index is 2.38. The highest BCUT2D eigenvalue weighted by Crippen LogP contribution is 2.19. The fraction of sp³-hybridized carbons (Fsp3) is 0.750. The number of aliphatic hydroxyl groups excluding tert-OH is 1. The van der Waals surface area contributed by atoms with Gasteiger partial charge in [-0.3, -0.25) is 0 Å². The average molecular weight is 126 g/mol. The molecule has 0 aromatic rings. The van der Waals surface area contributed by atoms with Crippen molar-refractivity contribution in [3.8, 4) is 0 Å². The molecule has 0 unspecified atom stereocenters. The molecule has 9 heavy (non-hydrogen) atoms. The molecule has 1 rings (SSSR count). The summed E-state index contributed by atoms with van der Waals surface area (Å²) >= 11 is 0. The molecule has 1 aliphatic rings. The Bertz CT molecular complexity index is 107.